The van der Waals surface area contributed by atoms with E-state index >= 15 is 0 Å². The van der Waals surface area contributed by atoms with Crippen molar-refractivity contribution < 1.29 is 26.4 Å². The van der Waals surface area contributed by atoms with Crippen molar-refractivity contribution in [1.82, 2.24) is 13.9 Å². The number of nitrogens with one attached hydrogen (secondary N) is 1. The molecule has 37 heavy (non-hydrogen) atoms. The highest BCUT2D eigenvalue weighted by atomic mass is 32.2. The minimum atomic E-state index is -3.75. The Balaban J connectivity index is 1.49. The molecule has 2 heterocycles. The minimum absolute atomic E-state index is 0.00659. The number of sulfonamides is 2. The van der Waals surface area contributed by atoms with E-state index in [4.69, 9.17) is 4.74 Å². The maximum Gasteiger partial charge on any atom is 0.243 e. The molecule has 1 amide bonds. The monoisotopic (exact) mass is 547 g/mol. The van der Waals surface area contributed by atoms with Crippen LogP contribution in [0.1, 0.15) is 23.5 Å². The molecule has 0 radical (unpaired) electrons. The van der Waals surface area contributed by atoms with Crippen molar-refractivity contribution in [3.63, 3.8) is 0 Å². The van der Waals surface area contributed by atoms with Crippen LogP contribution in [0.5, 0.6) is 0 Å². The molecule has 9 nitrogen and oxygen atoms in total. The SMILES string of the molecule is C=CS(=O)(=O)NC[C@H]1CCN(S(=O)(=O)c2ccc(C(Cc3ccccc3)C(=O)N3CCOCC3)cc2)C1. The minimum Gasteiger partial charge on any atom is -0.378 e. The van der Waals surface area contributed by atoms with Gasteiger partial charge in [-0.15, -0.1) is 0 Å². The van der Waals surface area contributed by atoms with E-state index in [1.807, 2.05) is 35.2 Å². The zero-order valence-electron chi connectivity index (χ0n) is 20.7. The van der Waals surface area contributed by atoms with Crippen LogP contribution in [0, 0.1) is 5.92 Å². The van der Waals surface area contributed by atoms with Crippen LogP contribution in [-0.4, -0.2) is 77.9 Å². The van der Waals surface area contributed by atoms with Crippen molar-refractivity contribution in [1.29, 1.82) is 0 Å². The standard InChI is InChI=1S/C26H33N3O6S2/c1-2-36(31,32)27-19-22-12-13-29(20-22)37(33,34)24-10-8-23(9-11-24)25(18-21-6-4-3-5-7-21)26(30)28-14-16-35-17-15-28/h2-11,22,25,27H,1,12-20H2/t22-,25?/m1/s1. The average Bonchev–Trinajstić information content (AvgIpc) is 3.42. The van der Waals surface area contributed by atoms with E-state index in [2.05, 4.69) is 11.3 Å². The van der Waals surface area contributed by atoms with Crippen molar-refractivity contribution in [2.24, 2.45) is 5.92 Å². The number of carbonyl (C=O) groups is 1. The molecule has 2 aliphatic heterocycles. The molecule has 200 valence electrons. The molecule has 2 saturated heterocycles. The first-order valence-corrected chi connectivity index (χ1v) is 15.3. The van der Waals surface area contributed by atoms with Gasteiger partial charge in [-0.3, -0.25) is 4.79 Å². The van der Waals surface area contributed by atoms with E-state index in [0.717, 1.165) is 16.5 Å². The van der Waals surface area contributed by atoms with Crippen molar-refractivity contribution in [2.75, 3.05) is 45.9 Å². The first-order valence-electron chi connectivity index (χ1n) is 12.3. The van der Waals surface area contributed by atoms with Crippen LogP contribution in [0.25, 0.3) is 0 Å². The van der Waals surface area contributed by atoms with Gasteiger partial charge in [0.05, 0.1) is 24.0 Å². The van der Waals surface area contributed by atoms with E-state index in [1.165, 1.54) is 4.31 Å². The molecule has 0 bridgehead atoms. The highest BCUT2D eigenvalue weighted by molar-refractivity contribution is 7.92. The van der Waals surface area contributed by atoms with Crippen LogP contribution < -0.4 is 4.72 Å². The van der Waals surface area contributed by atoms with Crippen LogP contribution >= 0.6 is 0 Å². The highest BCUT2D eigenvalue weighted by Gasteiger charge is 2.33. The van der Waals surface area contributed by atoms with Crippen molar-refractivity contribution in [3.8, 4) is 0 Å². The van der Waals surface area contributed by atoms with Crippen LogP contribution in [0.3, 0.4) is 0 Å². The lowest BCUT2D eigenvalue weighted by atomic mass is 9.90. The summed E-state index contributed by atoms with van der Waals surface area (Å²) in [6, 6.07) is 16.3. The summed E-state index contributed by atoms with van der Waals surface area (Å²) in [5, 5.41) is 0.840. The lowest BCUT2D eigenvalue weighted by Crippen LogP contribution is -2.43. The molecule has 2 aromatic carbocycles. The lowest BCUT2D eigenvalue weighted by Gasteiger charge is -2.31. The maximum atomic E-state index is 13.5. The summed E-state index contributed by atoms with van der Waals surface area (Å²) in [6.07, 6.45) is 1.07. The lowest BCUT2D eigenvalue weighted by molar-refractivity contribution is -0.136. The number of hydrogen-bond acceptors (Lipinski definition) is 6. The Morgan fingerprint density at radius 3 is 2.35 bits per heavy atom. The van der Waals surface area contributed by atoms with Gasteiger partial charge in [0.15, 0.2) is 0 Å². The summed E-state index contributed by atoms with van der Waals surface area (Å²) >= 11 is 0. The van der Waals surface area contributed by atoms with Gasteiger partial charge in [0.2, 0.25) is 26.0 Å². The zero-order chi connectivity index (χ0) is 26.5. The first kappa shape index (κ1) is 27.5. The van der Waals surface area contributed by atoms with Crippen LogP contribution in [-0.2, 0) is 36.0 Å². The first-order chi connectivity index (χ1) is 17.7. The maximum absolute atomic E-state index is 13.5. The molecule has 4 rings (SSSR count). The fourth-order valence-electron chi connectivity index (χ4n) is 4.70. The smallest absolute Gasteiger partial charge is 0.243 e. The molecular formula is C26H33N3O6S2. The fraction of sp³-hybridized carbons (Fsp3) is 0.423. The largest absolute Gasteiger partial charge is 0.378 e. The second-order valence-corrected chi connectivity index (χ2v) is 13.0. The molecule has 2 fully saturated rings. The summed E-state index contributed by atoms with van der Waals surface area (Å²) in [6.45, 7) is 6.06. The quantitative estimate of drug-likeness (QED) is 0.487. The number of benzene rings is 2. The van der Waals surface area contributed by atoms with Gasteiger partial charge in [-0.25, -0.2) is 21.6 Å². The topological polar surface area (TPSA) is 113 Å². The predicted octanol–water partition coefficient (Wildman–Crippen LogP) is 1.95. The molecule has 0 aromatic heterocycles. The molecule has 2 aliphatic rings. The van der Waals surface area contributed by atoms with Gasteiger partial charge in [0.25, 0.3) is 0 Å². The van der Waals surface area contributed by atoms with Gasteiger partial charge < -0.3 is 9.64 Å². The average molecular weight is 548 g/mol. The van der Waals surface area contributed by atoms with Crippen molar-refractivity contribution in [3.05, 3.63) is 77.7 Å². The number of hydrogen-bond donors (Lipinski definition) is 1. The number of morpholine rings is 1. The van der Waals surface area contributed by atoms with E-state index in [9.17, 15) is 21.6 Å². The van der Waals surface area contributed by atoms with Crippen molar-refractivity contribution in [2.45, 2.75) is 23.7 Å². The normalized spacial score (nSPS) is 20.0. The summed E-state index contributed by atoms with van der Waals surface area (Å²) in [5.74, 6) is -0.552. The molecule has 0 aliphatic carbocycles. The third-order valence-corrected chi connectivity index (χ3v) is 9.75. The molecule has 2 aromatic rings. The van der Waals surface area contributed by atoms with Crippen molar-refractivity contribution >= 4 is 26.0 Å². The van der Waals surface area contributed by atoms with Gasteiger partial charge in [-0.1, -0.05) is 49.0 Å². The van der Waals surface area contributed by atoms with Crippen LogP contribution in [0.2, 0.25) is 0 Å². The van der Waals surface area contributed by atoms with Gasteiger partial charge in [-0.2, -0.15) is 4.31 Å². The Hall–Kier alpha value is -2.57. The highest BCUT2D eigenvalue weighted by Crippen LogP contribution is 2.28. The van der Waals surface area contributed by atoms with Gasteiger partial charge in [0.1, 0.15) is 0 Å². The van der Waals surface area contributed by atoms with E-state index in [0.29, 0.717) is 45.7 Å². The number of amides is 1. The van der Waals surface area contributed by atoms with E-state index in [-0.39, 0.29) is 29.8 Å². The van der Waals surface area contributed by atoms with Gasteiger partial charge in [-0.05, 0) is 42.0 Å². The molecule has 1 unspecified atom stereocenters. The molecule has 0 spiro atoms. The number of ether oxygens (including phenoxy) is 1. The molecular weight excluding hydrogens is 514 g/mol. The molecule has 11 heteroatoms. The van der Waals surface area contributed by atoms with E-state index < -0.39 is 26.0 Å². The fourth-order valence-corrected chi connectivity index (χ4v) is 6.81. The van der Waals surface area contributed by atoms with Gasteiger partial charge >= 0.3 is 0 Å². The van der Waals surface area contributed by atoms with Crippen LogP contribution in [0.4, 0.5) is 0 Å². The third-order valence-electron chi connectivity index (χ3n) is 6.86. The second kappa shape index (κ2) is 11.9. The van der Waals surface area contributed by atoms with Gasteiger partial charge in [0, 0.05) is 38.1 Å². The molecule has 1 N–H and O–H groups in total. The predicted molar refractivity (Wildman–Crippen MR) is 141 cm³/mol. The van der Waals surface area contributed by atoms with Crippen LogP contribution in [0.15, 0.2) is 71.5 Å². The van der Waals surface area contributed by atoms with E-state index in [1.54, 1.807) is 24.3 Å². The Bertz CT molecular complexity index is 1290. The summed E-state index contributed by atoms with van der Waals surface area (Å²) in [4.78, 5) is 15.4. The Kier molecular flexibility index (Phi) is 8.81. The number of carbonyl (C=O) groups excluding carboxylic acids is 1. The Morgan fingerprint density at radius 2 is 1.70 bits per heavy atom. The Morgan fingerprint density at radius 1 is 1.03 bits per heavy atom. The molecule has 0 saturated carbocycles. The third kappa shape index (κ3) is 6.85. The number of rotatable bonds is 10. The summed E-state index contributed by atoms with van der Waals surface area (Å²) < 4.78 is 59.0. The zero-order valence-corrected chi connectivity index (χ0v) is 22.3. The summed E-state index contributed by atoms with van der Waals surface area (Å²) in [5.41, 5.74) is 1.79. The number of nitrogens with zero attached hydrogens (tertiary/aromatic N) is 2. The summed E-state index contributed by atoms with van der Waals surface area (Å²) in [7, 11) is -7.30. The Labute approximate surface area is 219 Å². The molecule has 2 atom stereocenters. The second-order valence-electron chi connectivity index (χ2n) is 9.33.